The molecule has 1 saturated carbocycles. The van der Waals surface area contributed by atoms with E-state index < -0.39 is 0 Å². The zero-order valence-corrected chi connectivity index (χ0v) is 15.1. The van der Waals surface area contributed by atoms with Crippen LogP contribution in [0.2, 0.25) is 0 Å². The van der Waals surface area contributed by atoms with Crippen molar-refractivity contribution < 1.29 is 14.1 Å². The maximum atomic E-state index is 13.1. The second-order valence-electron chi connectivity index (χ2n) is 6.80. The van der Waals surface area contributed by atoms with Gasteiger partial charge in [-0.25, -0.2) is 4.98 Å². The summed E-state index contributed by atoms with van der Waals surface area (Å²) in [6, 6.07) is 1.94. The molecule has 1 unspecified atom stereocenters. The van der Waals surface area contributed by atoms with Gasteiger partial charge in [0.05, 0.1) is 6.54 Å². The van der Waals surface area contributed by atoms with Crippen molar-refractivity contribution in [2.75, 3.05) is 20.2 Å². The molecule has 8 heteroatoms. The number of hydrogen-bond acceptors (Lipinski definition) is 7. The molecule has 7 nitrogen and oxygen atoms in total. The highest BCUT2D eigenvalue weighted by atomic mass is 32.1. The number of piperidine rings is 1. The Morgan fingerprint density at radius 2 is 2.36 bits per heavy atom. The van der Waals surface area contributed by atoms with E-state index in [2.05, 4.69) is 15.5 Å². The molecule has 2 aromatic rings. The highest BCUT2D eigenvalue weighted by Crippen LogP contribution is 2.56. The summed E-state index contributed by atoms with van der Waals surface area (Å²) >= 11 is 1.58. The quantitative estimate of drug-likeness (QED) is 0.847. The summed E-state index contributed by atoms with van der Waals surface area (Å²) < 4.78 is 10.2. The predicted molar refractivity (Wildman–Crippen MR) is 92.1 cm³/mol. The molecule has 0 aromatic carbocycles. The van der Waals surface area contributed by atoms with E-state index >= 15 is 0 Å². The van der Waals surface area contributed by atoms with Crippen LogP contribution in [0.3, 0.4) is 0 Å². The van der Waals surface area contributed by atoms with Crippen molar-refractivity contribution in [1.29, 1.82) is 0 Å². The topological polar surface area (TPSA) is 80.5 Å². The summed E-state index contributed by atoms with van der Waals surface area (Å²) in [6.45, 7) is 2.89. The predicted octanol–water partition coefficient (Wildman–Crippen LogP) is 2.06. The normalized spacial score (nSPS) is 21.4. The van der Waals surface area contributed by atoms with Crippen LogP contribution in [0.4, 0.5) is 0 Å². The van der Waals surface area contributed by atoms with Gasteiger partial charge in [0.15, 0.2) is 11.5 Å². The summed E-state index contributed by atoms with van der Waals surface area (Å²) in [5.74, 6) is 0.481. The summed E-state index contributed by atoms with van der Waals surface area (Å²) in [6.07, 6.45) is 5.08. The second-order valence-corrected chi connectivity index (χ2v) is 7.78. The van der Waals surface area contributed by atoms with Gasteiger partial charge in [-0.05, 0) is 37.8 Å². The highest BCUT2D eigenvalue weighted by molar-refractivity contribution is 7.09. The summed E-state index contributed by atoms with van der Waals surface area (Å²) in [5, 5.41) is 10.3. The Labute approximate surface area is 150 Å². The van der Waals surface area contributed by atoms with E-state index in [0.717, 1.165) is 37.4 Å². The number of nitrogens with one attached hydrogen (secondary N) is 1. The minimum absolute atomic E-state index is 0.0817. The Kier molecular flexibility index (Phi) is 4.58. The third kappa shape index (κ3) is 3.33. The molecule has 1 aliphatic carbocycles. The Morgan fingerprint density at radius 3 is 3.08 bits per heavy atom. The van der Waals surface area contributed by atoms with E-state index in [1.165, 1.54) is 0 Å². The molecule has 2 aliphatic rings. The van der Waals surface area contributed by atoms with Crippen LogP contribution in [0.25, 0.3) is 0 Å². The van der Waals surface area contributed by atoms with Crippen LogP contribution >= 0.6 is 11.3 Å². The first-order chi connectivity index (χ1) is 12.2. The van der Waals surface area contributed by atoms with Gasteiger partial charge in [-0.15, -0.1) is 11.3 Å². The zero-order valence-electron chi connectivity index (χ0n) is 14.2. The summed E-state index contributed by atoms with van der Waals surface area (Å²) in [5.41, 5.74) is 0.608. The van der Waals surface area contributed by atoms with Crippen LogP contribution in [0.1, 0.15) is 40.5 Å². The Hall–Kier alpha value is -1.77. The first-order valence-corrected chi connectivity index (χ1v) is 9.44. The highest BCUT2D eigenvalue weighted by Gasteiger charge is 2.58. The van der Waals surface area contributed by atoms with Gasteiger partial charge in [-0.1, -0.05) is 5.16 Å². The molecular formula is C17H22N4O3S. The third-order valence-electron chi connectivity index (χ3n) is 5.24. The number of ether oxygens (including phenoxy) is 1. The van der Waals surface area contributed by atoms with Crippen molar-refractivity contribution in [3.05, 3.63) is 34.1 Å². The average Bonchev–Trinajstić information content (AvgIpc) is 3.04. The molecule has 25 heavy (non-hydrogen) atoms. The van der Waals surface area contributed by atoms with E-state index in [1.54, 1.807) is 30.7 Å². The number of methoxy groups -OCH3 is 1. The molecular weight excluding hydrogens is 340 g/mol. The molecule has 4 rings (SSSR count). The van der Waals surface area contributed by atoms with Crippen LogP contribution in [-0.4, -0.2) is 47.2 Å². The van der Waals surface area contributed by atoms with Crippen molar-refractivity contribution >= 4 is 17.2 Å². The lowest BCUT2D eigenvalue weighted by Crippen LogP contribution is -2.39. The number of carbonyl (C=O) groups is 1. The number of amides is 1. The van der Waals surface area contributed by atoms with Gasteiger partial charge in [0.2, 0.25) is 0 Å². The number of nitrogens with zero attached hydrogens (tertiary/aromatic N) is 3. The molecule has 2 fully saturated rings. The van der Waals surface area contributed by atoms with Gasteiger partial charge in [0.1, 0.15) is 11.6 Å². The fourth-order valence-corrected chi connectivity index (χ4v) is 4.41. The summed E-state index contributed by atoms with van der Waals surface area (Å²) in [4.78, 5) is 19.4. The fraction of sp³-hybridized carbons (Fsp3) is 0.588. The maximum absolute atomic E-state index is 13.1. The first kappa shape index (κ1) is 16.7. The van der Waals surface area contributed by atoms with Crippen molar-refractivity contribution in [3.63, 3.8) is 0 Å². The third-order valence-corrected chi connectivity index (χ3v) is 6.00. The second kappa shape index (κ2) is 6.86. The minimum Gasteiger partial charge on any atom is -0.377 e. The largest absolute Gasteiger partial charge is 0.377 e. The lowest BCUT2D eigenvalue weighted by atomic mass is 9.93. The van der Waals surface area contributed by atoms with Crippen molar-refractivity contribution in [2.45, 2.75) is 38.5 Å². The Bertz CT molecular complexity index is 724. The standard InChI is InChI=1S/C17H22N4O3S/c1-23-11-12-8-13(20-24-12)16(22)21(10-15-19-6-7-25-15)14-9-17(14)2-4-18-5-3-17/h6-8,14,18H,2-5,9-11H2,1H3. The van der Waals surface area contributed by atoms with Crippen LogP contribution < -0.4 is 5.32 Å². The molecule has 1 spiro atoms. The van der Waals surface area contributed by atoms with E-state index in [-0.39, 0.29) is 17.4 Å². The van der Waals surface area contributed by atoms with Gasteiger partial charge in [-0.3, -0.25) is 4.79 Å². The Morgan fingerprint density at radius 1 is 1.52 bits per heavy atom. The van der Waals surface area contributed by atoms with Crippen molar-refractivity contribution in [1.82, 2.24) is 20.4 Å². The number of aromatic nitrogens is 2. The maximum Gasteiger partial charge on any atom is 0.276 e. The van der Waals surface area contributed by atoms with Crippen molar-refractivity contribution in [2.24, 2.45) is 5.41 Å². The lowest BCUT2D eigenvalue weighted by Gasteiger charge is -2.28. The minimum atomic E-state index is -0.0817. The van der Waals surface area contributed by atoms with E-state index in [9.17, 15) is 4.79 Å². The fourth-order valence-electron chi connectivity index (χ4n) is 3.80. The molecule has 2 aromatic heterocycles. The lowest BCUT2D eigenvalue weighted by molar-refractivity contribution is 0.0681. The van der Waals surface area contributed by atoms with Crippen LogP contribution in [0.15, 0.2) is 22.2 Å². The van der Waals surface area contributed by atoms with Gasteiger partial charge < -0.3 is 19.5 Å². The van der Waals surface area contributed by atoms with Gasteiger partial charge >= 0.3 is 0 Å². The molecule has 1 N–H and O–H groups in total. The van der Waals surface area contributed by atoms with Gasteiger partial charge in [0.25, 0.3) is 5.91 Å². The molecule has 1 saturated heterocycles. The van der Waals surface area contributed by atoms with E-state index in [4.69, 9.17) is 9.26 Å². The van der Waals surface area contributed by atoms with Gasteiger partial charge in [-0.2, -0.15) is 0 Å². The Balaban J connectivity index is 1.55. The zero-order chi connectivity index (χ0) is 17.3. The molecule has 134 valence electrons. The van der Waals surface area contributed by atoms with Crippen molar-refractivity contribution in [3.8, 4) is 0 Å². The van der Waals surface area contributed by atoms with Gasteiger partial charge in [0, 0.05) is 30.8 Å². The number of carbonyl (C=O) groups excluding carboxylic acids is 1. The molecule has 0 bridgehead atoms. The average molecular weight is 362 g/mol. The van der Waals surface area contributed by atoms with Crippen LogP contribution in [-0.2, 0) is 17.9 Å². The SMILES string of the molecule is COCc1cc(C(=O)N(Cc2nccs2)C2CC23CCNCC3)no1. The molecule has 1 aliphatic heterocycles. The first-order valence-electron chi connectivity index (χ1n) is 8.56. The smallest absolute Gasteiger partial charge is 0.276 e. The van der Waals surface area contributed by atoms with E-state index in [1.807, 2.05) is 10.3 Å². The number of rotatable bonds is 6. The molecule has 1 atom stereocenters. The van der Waals surface area contributed by atoms with E-state index in [0.29, 0.717) is 24.6 Å². The van der Waals surface area contributed by atoms with Crippen LogP contribution in [0, 0.1) is 5.41 Å². The molecule has 1 amide bonds. The van der Waals surface area contributed by atoms with Crippen LogP contribution in [0.5, 0.6) is 0 Å². The summed E-state index contributed by atoms with van der Waals surface area (Å²) in [7, 11) is 1.59. The molecule has 3 heterocycles. The number of thiazole rings is 1. The number of hydrogen-bond donors (Lipinski definition) is 1. The monoisotopic (exact) mass is 362 g/mol. The molecule has 0 radical (unpaired) electrons.